The van der Waals surface area contributed by atoms with Gasteiger partial charge in [0.1, 0.15) is 5.37 Å². The first-order valence-electron chi connectivity index (χ1n) is 8.51. The highest BCUT2D eigenvalue weighted by atomic mass is 32.2. The summed E-state index contributed by atoms with van der Waals surface area (Å²) in [5.74, 6) is 0.506. The van der Waals surface area contributed by atoms with Crippen molar-refractivity contribution in [1.82, 2.24) is 10.2 Å². The Balaban J connectivity index is 1.69. The molecule has 5 nitrogen and oxygen atoms in total. The fourth-order valence-electron chi connectivity index (χ4n) is 2.85. The molecule has 0 saturated carbocycles. The Morgan fingerprint density at radius 2 is 1.92 bits per heavy atom. The second-order valence-corrected chi connectivity index (χ2v) is 7.11. The summed E-state index contributed by atoms with van der Waals surface area (Å²) in [5.41, 5.74) is 2.75. The topological polar surface area (TPSA) is 58.6 Å². The van der Waals surface area contributed by atoms with Gasteiger partial charge in [0.05, 0.1) is 12.4 Å². The molecule has 2 aromatic rings. The highest BCUT2D eigenvalue weighted by molar-refractivity contribution is 8.00. The van der Waals surface area contributed by atoms with Crippen molar-refractivity contribution in [2.24, 2.45) is 0 Å². The van der Waals surface area contributed by atoms with Crippen LogP contribution in [0, 0.1) is 0 Å². The van der Waals surface area contributed by atoms with Crippen LogP contribution in [0.4, 0.5) is 0 Å². The number of ether oxygens (including phenoxy) is 1. The smallest absolute Gasteiger partial charge is 0.251 e. The number of thioether (sulfide) groups is 1. The summed E-state index contributed by atoms with van der Waals surface area (Å²) in [7, 11) is 1.60. The minimum atomic E-state index is -0.120. The number of amides is 2. The van der Waals surface area contributed by atoms with Gasteiger partial charge in [-0.25, -0.2) is 0 Å². The molecule has 0 aromatic heterocycles. The summed E-state index contributed by atoms with van der Waals surface area (Å²) < 4.78 is 4.93. The molecule has 0 spiro atoms. The Bertz CT molecular complexity index is 749. The first kappa shape index (κ1) is 18.5. The summed E-state index contributed by atoms with van der Waals surface area (Å²) in [6.45, 7) is 1.56. The lowest BCUT2D eigenvalue weighted by atomic mass is 10.1. The number of nitrogens with zero attached hydrogens (tertiary/aromatic N) is 1. The number of methoxy groups -OCH3 is 1. The summed E-state index contributed by atoms with van der Waals surface area (Å²) in [5, 5.41) is 2.78. The molecule has 26 heavy (non-hydrogen) atoms. The van der Waals surface area contributed by atoms with Crippen molar-refractivity contribution in [3.05, 3.63) is 71.3 Å². The van der Waals surface area contributed by atoms with E-state index in [0.29, 0.717) is 31.0 Å². The van der Waals surface area contributed by atoms with Gasteiger partial charge in [-0.1, -0.05) is 42.5 Å². The number of hydrogen-bond donors (Lipinski definition) is 1. The number of hydrogen-bond acceptors (Lipinski definition) is 4. The van der Waals surface area contributed by atoms with Gasteiger partial charge in [0.15, 0.2) is 0 Å². The molecule has 0 bridgehead atoms. The van der Waals surface area contributed by atoms with Gasteiger partial charge in [0.25, 0.3) is 5.91 Å². The van der Waals surface area contributed by atoms with Gasteiger partial charge in [0, 0.05) is 25.8 Å². The molecular weight excluding hydrogens is 348 g/mol. The summed E-state index contributed by atoms with van der Waals surface area (Å²) in [4.78, 5) is 26.3. The van der Waals surface area contributed by atoms with Crippen LogP contribution in [-0.4, -0.2) is 42.7 Å². The number of nitrogens with one attached hydrogen (secondary N) is 1. The van der Waals surface area contributed by atoms with Gasteiger partial charge in [0.2, 0.25) is 5.91 Å². The second-order valence-electron chi connectivity index (χ2n) is 6.04. The first-order chi connectivity index (χ1) is 12.7. The third-order valence-electron chi connectivity index (χ3n) is 4.21. The Morgan fingerprint density at radius 3 is 2.62 bits per heavy atom. The third kappa shape index (κ3) is 4.45. The zero-order valence-corrected chi connectivity index (χ0v) is 15.5. The lowest BCUT2D eigenvalue weighted by Crippen LogP contribution is -2.28. The van der Waals surface area contributed by atoms with E-state index in [2.05, 4.69) is 5.32 Å². The summed E-state index contributed by atoms with van der Waals surface area (Å²) in [6, 6.07) is 17.5. The molecule has 1 N–H and O–H groups in total. The Hall–Kier alpha value is -2.31. The molecule has 6 heteroatoms. The third-order valence-corrected chi connectivity index (χ3v) is 5.47. The van der Waals surface area contributed by atoms with Gasteiger partial charge < -0.3 is 15.0 Å². The van der Waals surface area contributed by atoms with E-state index in [1.807, 2.05) is 59.5 Å². The Labute approximate surface area is 157 Å². The van der Waals surface area contributed by atoms with Crippen LogP contribution in [0.2, 0.25) is 0 Å². The van der Waals surface area contributed by atoms with Gasteiger partial charge >= 0.3 is 0 Å². The Morgan fingerprint density at radius 1 is 1.19 bits per heavy atom. The van der Waals surface area contributed by atoms with Crippen LogP contribution in [0.5, 0.6) is 0 Å². The molecule has 0 aliphatic carbocycles. The van der Waals surface area contributed by atoms with Crippen molar-refractivity contribution in [3.8, 4) is 0 Å². The maximum atomic E-state index is 12.3. The van der Waals surface area contributed by atoms with E-state index >= 15 is 0 Å². The van der Waals surface area contributed by atoms with E-state index < -0.39 is 0 Å². The maximum Gasteiger partial charge on any atom is 0.251 e. The number of rotatable bonds is 7. The molecule has 1 saturated heterocycles. The van der Waals surface area contributed by atoms with Crippen molar-refractivity contribution in [2.45, 2.75) is 11.9 Å². The summed E-state index contributed by atoms with van der Waals surface area (Å²) in [6.07, 6.45) is 0. The molecular formula is C20H22N2O3S. The molecule has 1 aliphatic rings. The zero-order valence-electron chi connectivity index (χ0n) is 14.7. The fraction of sp³-hybridized carbons (Fsp3) is 0.300. The molecule has 0 unspecified atom stereocenters. The predicted molar refractivity (Wildman–Crippen MR) is 103 cm³/mol. The first-order valence-corrected chi connectivity index (χ1v) is 9.56. The average molecular weight is 370 g/mol. The van der Waals surface area contributed by atoms with E-state index in [9.17, 15) is 9.59 Å². The van der Waals surface area contributed by atoms with E-state index in [4.69, 9.17) is 4.74 Å². The van der Waals surface area contributed by atoms with Gasteiger partial charge in [-0.15, -0.1) is 11.8 Å². The number of benzene rings is 2. The molecule has 0 radical (unpaired) electrons. The SMILES string of the molecule is COCCNC(=O)c1ccc([C@@H]2SCC(=O)N2Cc2ccccc2)cc1. The normalized spacial score (nSPS) is 16.7. The molecule has 2 amide bonds. The van der Waals surface area contributed by atoms with Crippen LogP contribution >= 0.6 is 11.8 Å². The molecule has 2 aromatic carbocycles. The monoisotopic (exact) mass is 370 g/mol. The van der Waals surface area contributed by atoms with Crippen LogP contribution in [-0.2, 0) is 16.1 Å². The molecule has 1 atom stereocenters. The van der Waals surface area contributed by atoms with E-state index in [1.165, 1.54) is 0 Å². The minimum absolute atomic E-state index is 0.0201. The van der Waals surface area contributed by atoms with E-state index in [0.717, 1.165) is 11.1 Å². The lowest BCUT2D eigenvalue weighted by Gasteiger charge is -2.24. The Kier molecular flexibility index (Phi) is 6.30. The fourth-order valence-corrected chi connectivity index (χ4v) is 4.04. The van der Waals surface area contributed by atoms with Crippen molar-refractivity contribution >= 4 is 23.6 Å². The second kappa shape index (κ2) is 8.87. The minimum Gasteiger partial charge on any atom is -0.383 e. The highest BCUT2D eigenvalue weighted by Gasteiger charge is 2.32. The van der Waals surface area contributed by atoms with Crippen LogP contribution in [0.25, 0.3) is 0 Å². The van der Waals surface area contributed by atoms with Crippen molar-refractivity contribution in [1.29, 1.82) is 0 Å². The van der Waals surface area contributed by atoms with Crippen molar-refractivity contribution in [2.75, 3.05) is 26.0 Å². The molecule has 1 heterocycles. The van der Waals surface area contributed by atoms with Gasteiger partial charge in [-0.05, 0) is 23.3 Å². The van der Waals surface area contributed by atoms with Crippen LogP contribution in [0.1, 0.15) is 26.9 Å². The standard InChI is InChI=1S/C20H22N2O3S/c1-25-12-11-21-19(24)16-7-9-17(10-8-16)20-22(18(23)14-26-20)13-15-5-3-2-4-6-15/h2-10,20H,11-14H2,1H3,(H,21,24)/t20-/m0/s1. The van der Waals surface area contributed by atoms with Gasteiger partial charge in [-0.2, -0.15) is 0 Å². The van der Waals surface area contributed by atoms with Crippen molar-refractivity contribution in [3.63, 3.8) is 0 Å². The largest absolute Gasteiger partial charge is 0.383 e. The quantitative estimate of drug-likeness (QED) is 0.762. The number of carbonyl (C=O) groups is 2. The maximum absolute atomic E-state index is 12.3. The molecule has 1 fully saturated rings. The highest BCUT2D eigenvalue weighted by Crippen LogP contribution is 2.39. The van der Waals surface area contributed by atoms with E-state index in [1.54, 1.807) is 18.9 Å². The van der Waals surface area contributed by atoms with E-state index in [-0.39, 0.29) is 17.2 Å². The predicted octanol–water partition coefficient (Wildman–Crippen LogP) is 2.84. The zero-order chi connectivity index (χ0) is 18.4. The number of carbonyl (C=O) groups excluding carboxylic acids is 2. The van der Waals surface area contributed by atoms with Crippen LogP contribution in [0.3, 0.4) is 0 Å². The molecule has 136 valence electrons. The molecule has 1 aliphatic heterocycles. The van der Waals surface area contributed by atoms with Gasteiger partial charge in [-0.3, -0.25) is 9.59 Å². The summed E-state index contributed by atoms with van der Waals surface area (Å²) >= 11 is 1.62. The average Bonchev–Trinajstić information content (AvgIpc) is 3.03. The van der Waals surface area contributed by atoms with Crippen molar-refractivity contribution < 1.29 is 14.3 Å². The lowest BCUT2D eigenvalue weighted by molar-refractivity contribution is -0.128. The molecule has 3 rings (SSSR count). The van der Waals surface area contributed by atoms with Crippen LogP contribution < -0.4 is 5.32 Å². The van der Waals surface area contributed by atoms with Crippen LogP contribution in [0.15, 0.2) is 54.6 Å².